The molecule has 4 nitrogen and oxygen atoms in total. The van der Waals surface area contributed by atoms with E-state index in [1.165, 1.54) is 12.1 Å². The molecule has 0 aliphatic heterocycles. The summed E-state index contributed by atoms with van der Waals surface area (Å²) < 4.78 is 26.0. The summed E-state index contributed by atoms with van der Waals surface area (Å²) in [6.45, 7) is 0.789. The van der Waals surface area contributed by atoms with E-state index in [0.29, 0.717) is 5.69 Å². The zero-order valence-electron chi connectivity index (χ0n) is 11.6. The van der Waals surface area contributed by atoms with Crippen LogP contribution in [-0.2, 0) is 16.3 Å². The molecular weight excluding hydrogens is 352 g/mol. The van der Waals surface area contributed by atoms with Crippen molar-refractivity contribution in [1.29, 1.82) is 0 Å². The Morgan fingerprint density at radius 1 is 1.10 bits per heavy atom. The highest BCUT2D eigenvalue weighted by atomic mass is 79.9. The van der Waals surface area contributed by atoms with Crippen LogP contribution in [0.5, 0.6) is 0 Å². The highest BCUT2D eigenvalue weighted by molar-refractivity contribution is 9.10. The number of rotatable bonds is 5. The lowest BCUT2D eigenvalue weighted by atomic mass is 10.1. The van der Waals surface area contributed by atoms with Gasteiger partial charge in [0.2, 0.25) is 9.84 Å². The number of nitrogen functional groups attached to an aromatic ring is 1. The van der Waals surface area contributed by atoms with Gasteiger partial charge in [-0.2, -0.15) is 0 Å². The largest absolute Gasteiger partial charge is 0.399 e. The number of hydrogen-bond acceptors (Lipinski definition) is 4. The average molecular weight is 369 g/mol. The normalized spacial score (nSPS) is 11.5. The van der Waals surface area contributed by atoms with Crippen molar-refractivity contribution in [2.24, 2.45) is 0 Å². The van der Waals surface area contributed by atoms with Crippen molar-refractivity contribution in [3.8, 4) is 0 Å². The van der Waals surface area contributed by atoms with Crippen LogP contribution < -0.4 is 11.1 Å². The number of likely N-dealkylation sites (N-methyl/N-ethyl adjacent to an activating group) is 1. The lowest BCUT2D eigenvalue weighted by Crippen LogP contribution is -2.11. The Kier molecular flexibility index (Phi) is 5.03. The van der Waals surface area contributed by atoms with Crippen LogP contribution >= 0.6 is 15.9 Å². The molecule has 0 aliphatic carbocycles. The summed E-state index contributed by atoms with van der Waals surface area (Å²) in [5.41, 5.74) is 7.11. The molecule has 0 aliphatic rings. The smallest absolute Gasteiger partial charge is 0.206 e. The van der Waals surface area contributed by atoms with Crippen molar-refractivity contribution in [2.75, 3.05) is 19.3 Å². The lowest BCUT2D eigenvalue weighted by molar-refractivity contribution is 0.596. The topological polar surface area (TPSA) is 72.2 Å². The van der Waals surface area contributed by atoms with Crippen molar-refractivity contribution in [1.82, 2.24) is 5.32 Å². The van der Waals surface area contributed by atoms with E-state index in [-0.39, 0.29) is 9.79 Å². The average Bonchev–Trinajstić information content (AvgIpc) is 2.45. The minimum atomic E-state index is -3.53. The maximum atomic E-state index is 12.6. The third kappa shape index (κ3) is 3.84. The first-order valence-corrected chi connectivity index (χ1v) is 8.76. The Morgan fingerprint density at radius 2 is 1.76 bits per heavy atom. The van der Waals surface area contributed by atoms with Crippen molar-refractivity contribution in [3.63, 3.8) is 0 Å². The Bertz CT molecular complexity index is 728. The molecular formula is C15H17BrN2O2S. The van der Waals surface area contributed by atoms with Crippen molar-refractivity contribution >= 4 is 31.5 Å². The number of nitrogens with one attached hydrogen (secondary N) is 1. The van der Waals surface area contributed by atoms with Gasteiger partial charge in [0, 0.05) is 10.2 Å². The quantitative estimate of drug-likeness (QED) is 0.795. The third-order valence-corrected chi connectivity index (χ3v) is 5.30. The van der Waals surface area contributed by atoms with Crippen LogP contribution in [0.15, 0.2) is 56.7 Å². The van der Waals surface area contributed by atoms with Gasteiger partial charge in [-0.05, 0) is 68.0 Å². The maximum absolute atomic E-state index is 12.6. The molecule has 0 fully saturated rings. The van der Waals surface area contributed by atoms with E-state index in [2.05, 4.69) is 21.2 Å². The number of halogens is 1. The highest BCUT2D eigenvalue weighted by Gasteiger charge is 2.18. The first-order chi connectivity index (χ1) is 9.93. The summed E-state index contributed by atoms with van der Waals surface area (Å²) in [4.78, 5) is 0.530. The molecule has 0 saturated carbocycles. The van der Waals surface area contributed by atoms with Crippen molar-refractivity contribution < 1.29 is 8.42 Å². The number of nitrogens with two attached hydrogens (primary N) is 1. The van der Waals surface area contributed by atoms with Crippen LogP contribution in [0.4, 0.5) is 5.69 Å². The number of sulfone groups is 1. The Balaban J connectivity index is 2.44. The van der Waals surface area contributed by atoms with Gasteiger partial charge in [0.15, 0.2) is 0 Å². The molecule has 2 aromatic rings. The van der Waals surface area contributed by atoms with E-state index in [1.54, 1.807) is 24.3 Å². The molecule has 0 spiro atoms. The summed E-state index contributed by atoms with van der Waals surface area (Å²) in [6, 6.07) is 11.5. The molecule has 21 heavy (non-hydrogen) atoms. The van der Waals surface area contributed by atoms with E-state index in [1.807, 2.05) is 13.1 Å². The van der Waals surface area contributed by atoms with Gasteiger partial charge < -0.3 is 11.1 Å². The van der Waals surface area contributed by atoms with Gasteiger partial charge in [-0.15, -0.1) is 0 Å². The van der Waals surface area contributed by atoms with Gasteiger partial charge in [0.1, 0.15) is 0 Å². The van der Waals surface area contributed by atoms with Crippen LogP contribution in [0, 0.1) is 0 Å². The molecule has 2 rings (SSSR count). The van der Waals surface area contributed by atoms with Crippen LogP contribution in [0.1, 0.15) is 5.56 Å². The van der Waals surface area contributed by atoms with Crippen LogP contribution in [0.25, 0.3) is 0 Å². The Hall–Kier alpha value is -1.37. The van der Waals surface area contributed by atoms with E-state index >= 15 is 0 Å². The van der Waals surface area contributed by atoms with Crippen LogP contribution in [-0.4, -0.2) is 22.0 Å². The SMILES string of the molecule is CNCCc1cc(Br)cc(S(=O)(=O)c2ccc(N)cc2)c1. The van der Waals surface area contributed by atoms with Crippen LogP contribution in [0.2, 0.25) is 0 Å². The fraction of sp³-hybridized carbons (Fsp3) is 0.200. The van der Waals surface area contributed by atoms with Gasteiger partial charge in [-0.3, -0.25) is 0 Å². The summed E-state index contributed by atoms with van der Waals surface area (Å²) in [5, 5.41) is 3.05. The fourth-order valence-corrected chi connectivity index (χ4v) is 4.02. The first kappa shape index (κ1) is 16.0. The molecule has 0 amide bonds. The molecule has 0 heterocycles. The predicted octanol–water partition coefficient (Wildman–Crippen LogP) is 2.63. The van der Waals surface area contributed by atoms with E-state index in [9.17, 15) is 8.42 Å². The standard InChI is InChI=1S/C15H17BrN2O2S/c1-18-7-6-11-8-12(16)10-15(9-11)21(19,20)14-4-2-13(17)3-5-14/h2-5,8-10,18H,6-7,17H2,1H3. The second-order valence-corrected chi connectivity index (χ2v) is 7.59. The van der Waals surface area contributed by atoms with E-state index in [4.69, 9.17) is 5.73 Å². The molecule has 112 valence electrons. The Morgan fingerprint density at radius 3 is 2.38 bits per heavy atom. The minimum Gasteiger partial charge on any atom is -0.399 e. The monoisotopic (exact) mass is 368 g/mol. The number of hydrogen-bond donors (Lipinski definition) is 2. The third-order valence-electron chi connectivity index (χ3n) is 3.10. The first-order valence-electron chi connectivity index (χ1n) is 6.48. The molecule has 0 saturated heterocycles. The molecule has 2 aromatic carbocycles. The number of anilines is 1. The molecule has 3 N–H and O–H groups in total. The van der Waals surface area contributed by atoms with E-state index in [0.717, 1.165) is 23.0 Å². The molecule has 0 unspecified atom stereocenters. The zero-order valence-corrected chi connectivity index (χ0v) is 14.0. The summed E-state index contributed by atoms with van der Waals surface area (Å²) in [7, 11) is -1.67. The van der Waals surface area contributed by atoms with E-state index < -0.39 is 9.84 Å². The summed E-state index contributed by atoms with van der Waals surface area (Å²) in [6.07, 6.45) is 0.764. The second-order valence-electron chi connectivity index (χ2n) is 4.72. The molecule has 0 atom stereocenters. The maximum Gasteiger partial charge on any atom is 0.206 e. The summed E-state index contributed by atoms with van der Waals surface area (Å²) >= 11 is 3.38. The highest BCUT2D eigenvalue weighted by Crippen LogP contribution is 2.26. The minimum absolute atomic E-state index is 0.245. The predicted molar refractivity (Wildman–Crippen MR) is 88.1 cm³/mol. The van der Waals surface area contributed by atoms with Crippen LogP contribution in [0.3, 0.4) is 0 Å². The van der Waals surface area contributed by atoms with Gasteiger partial charge in [-0.1, -0.05) is 15.9 Å². The van der Waals surface area contributed by atoms with Crippen molar-refractivity contribution in [2.45, 2.75) is 16.2 Å². The Labute approximate surface area is 133 Å². The second kappa shape index (κ2) is 6.60. The van der Waals surface area contributed by atoms with Gasteiger partial charge in [0.05, 0.1) is 9.79 Å². The molecule has 6 heteroatoms. The lowest BCUT2D eigenvalue weighted by Gasteiger charge is -2.09. The molecule has 0 radical (unpaired) electrons. The van der Waals surface area contributed by atoms with Gasteiger partial charge in [-0.25, -0.2) is 8.42 Å². The van der Waals surface area contributed by atoms with Gasteiger partial charge in [0.25, 0.3) is 0 Å². The molecule has 0 aromatic heterocycles. The zero-order chi connectivity index (χ0) is 15.5. The molecule has 0 bridgehead atoms. The van der Waals surface area contributed by atoms with Crippen molar-refractivity contribution in [3.05, 3.63) is 52.5 Å². The number of benzene rings is 2. The summed E-state index contributed by atoms with van der Waals surface area (Å²) in [5.74, 6) is 0. The fourth-order valence-electron chi connectivity index (χ4n) is 1.97. The van der Waals surface area contributed by atoms with Gasteiger partial charge >= 0.3 is 0 Å².